The first kappa shape index (κ1) is 12.7. The highest BCUT2D eigenvalue weighted by Gasteiger charge is 2.12. The SMILES string of the molecule is Cc1cn(C(C)C)c(NCc2c(C)noc2C)n1. The summed E-state index contributed by atoms with van der Waals surface area (Å²) in [5, 5.41) is 7.30. The van der Waals surface area contributed by atoms with Crippen LogP contribution in [0.4, 0.5) is 5.95 Å². The normalized spacial score (nSPS) is 11.2. The molecule has 0 aromatic carbocycles. The number of nitrogens with zero attached hydrogens (tertiary/aromatic N) is 3. The molecular formula is C13H20N4O. The standard InChI is InChI=1S/C13H20N4O/c1-8(2)17-7-9(3)15-13(17)14-6-12-10(4)16-18-11(12)5/h7-8H,6H2,1-5H3,(H,14,15). The number of aryl methyl sites for hydroxylation is 3. The number of nitrogens with one attached hydrogen (secondary N) is 1. The molecular weight excluding hydrogens is 228 g/mol. The molecule has 0 spiro atoms. The number of hydrogen-bond donors (Lipinski definition) is 1. The number of imidazole rings is 1. The number of aromatic nitrogens is 3. The van der Waals surface area contributed by atoms with Crippen LogP contribution in [-0.2, 0) is 6.54 Å². The smallest absolute Gasteiger partial charge is 0.203 e. The third kappa shape index (κ3) is 2.39. The predicted octanol–water partition coefficient (Wildman–Crippen LogP) is 2.99. The molecule has 0 saturated heterocycles. The van der Waals surface area contributed by atoms with E-state index in [1.54, 1.807) is 0 Å². The summed E-state index contributed by atoms with van der Waals surface area (Å²) < 4.78 is 7.28. The van der Waals surface area contributed by atoms with Crippen molar-refractivity contribution >= 4 is 5.95 Å². The molecule has 2 rings (SSSR count). The van der Waals surface area contributed by atoms with Crippen LogP contribution in [0.25, 0.3) is 0 Å². The summed E-state index contributed by atoms with van der Waals surface area (Å²) in [4.78, 5) is 4.49. The lowest BCUT2D eigenvalue weighted by molar-refractivity contribution is 0.392. The third-order valence-electron chi connectivity index (χ3n) is 3.01. The van der Waals surface area contributed by atoms with Crippen LogP contribution in [0.1, 0.15) is 42.6 Å². The molecule has 0 bridgehead atoms. The average molecular weight is 248 g/mol. The van der Waals surface area contributed by atoms with Crippen LogP contribution in [-0.4, -0.2) is 14.7 Å². The van der Waals surface area contributed by atoms with Crippen molar-refractivity contribution in [3.05, 3.63) is 28.9 Å². The molecule has 0 amide bonds. The van der Waals surface area contributed by atoms with E-state index in [1.165, 1.54) is 0 Å². The van der Waals surface area contributed by atoms with Gasteiger partial charge in [-0.25, -0.2) is 4.98 Å². The van der Waals surface area contributed by atoms with Gasteiger partial charge in [0.05, 0.1) is 11.4 Å². The van der Waals surface area contributed by atoms with E-state index in [0.29, 0.717) is 12.6 Å². The lowest BCUT2D eigenvalue weighted by Gasteiger charge is -2.12. The summed E-state index contributed by atoms with van der Waals surface area (Å²) in [7, 11) is 0. The minimum absolute atomic E-state index is 0.387. The molecule has 5 nitrogen and oxygen atoms in total. The van der Waals surface area contributed by atoms with Gasteiger partial charge in [0.25, 0.3) is 0 Å². The monoisotopic (exact) mass is 248 g/mol. The van der Waals surface area contributed by atoms with Crippen molar-refractivity contribution in [2.45, 2.75) is 47.2 Å². The molecule has 0 aliphatic heterocycles. The summed E-state index contributed by atoms with van der Waals surface area (Å²) in [6.07, 6.45) is 2.06. The van der Waals surface area contributed by atoms with E-state index in [4.69, 9.17) is 4.52 Å². The Balaban J connectivity index is 2.15. The zero-order valence-corrected chi connectivity index (χ0v) is 11.6. The largest absolute Gasteiger partial charge is 0.361 e. The Morgan fingerprint density at radius 2 is 2.06 bits per heavy atom. The van der Waals surface area contributed by atoms with Gasteiger partial charge in [-0.2, -0.15) is 0 Å². The van der Waals surface area contributed by atoms with Gasteiger partial charge in [0, 0.05) is 24.3 Å². The van der Waals surface area contributed by atoms with Crippen molar-refractivity contribution in [2.75, 3.05) is 5.32 Å². The van der Waals surface area contributed by atoms with E-state index >= 15 is 0 Å². The zero-order valence-electron chi connectivity index (χ0n) is 11.6. The van der Waals surface area contributed by atoms with Crippen molar-refractivity contribution < 1.29 is 4.52 Å². The van der Waals surface area contributed by atoms with Crippen molar-refractivity contribution in [3.63, 3.8) is 0 Å². The molecule has 0 unspecified atom stereocenters. The highest BCUT2D eigenvalue weighted by Crippen LogP contribution is 2.18. The van der Waals surface area contributed by atoms with Gasteiger partial charge in [0.15, 0.2) is 0 Å². The number of hydrogen-bond acceptors (Lipinski definition) is 4. The lowest BCUT2D eigenvalue weighted by atomic mass is 10.2. The Bertz CT molecular complexity index is 520. The summed E-state index contributed by atoms with van der Waals surface area (Å²) in [5.74, 6) is 1.75. The van der Waals surface area contributed by atoms with Gasteiger partial charge < -0.3 is 14.4 Å². The number of rotatable bonds is 4. The van der Waals surface area contributed by atoms with Crippen LogP contribution in [0.15, 0.2) is 10.7 Å². The van der Waals surface area contributed by atoms with Gasteiger partial charge in [-0.05, 0) is 34.6 Å². The predicted molar refractivity (Wildman–Crippen MR) is 70.7 cm³/mol. The summed E-state index contributed by atoms with van der Waals surface area (Å²) in [6, 6.07) is 0.387. The zero-order chi connectivity index (χ0) is 13.3. The lowest BCUT2D eigenvalue weighted by Crippen LogP contribution is -2.09. The fraction of sp³-hybridized carbons (Fsp3) is 0.538. The Hall–Kier alpha value is -1.78. The molecule has 2 aromatic rings. The first-order valence-electron chi connectivity index (χ1n) is 6.20. The quantitative estimate of drug-likeness (QED) is 0.903. The van der Waals surface area contributed by atoms with E-state index in [9.17, 15) is 0 Å². The molecule has 0 aliphatic carbocycles. The van der Waals surface area contributed by atoms with Gasteiger partial charge in [-0.3, -0.25) is 0 Å². The molecule has 2 aromatic heterocycles. The van der Waals surface area contributed by atoms with Crippen LogP contribution in [0.3, 0.4) is 0 Å². The van der Waals surface area contributed by atoms with Crippen molar-refractivity contribution in [1.29, 1.82) is 0 Å². The van der Waals surface area contributed by atoms with Crippen LogP contribution < -0.4 is 5.32 Å². The summed E-state index contributed by atoms with van der Waals surface area (Å²) >= 11 is 0. The Morgan fingerprint density at radius 1 is 1.33 bits per heavy atom. The van der Waals surface area contributed by atoms with E-state index in [2.05, 4.69) is 40.1 Å². The molecule has 18 heavy (non-hydrogen) atoms. The fourth-order valence-electron chi connectivity index (χ4n) is 1.96. The molecule has 5 heteroatoms. The Kier molecular flexibility index (Phi) is 3.41. The maximum Gasteiger partial charge on any atom is 0.203 e. The molecule has 0 atom stereocenters. The third-order valence-corrected chi connectivity index (χ3v) is 3.01. The highest BCUT2D eigenvalue weighted by atomic mass is 16.5. The summed E-state index contributed by atoms with van der Waals surface area (Å²) in [5.41, 5.74) is 3.05. The first-order chi connectivity index (χ1) is 8.49. The summed E-state index contributed by atoms with van der Waals surface area (Å²) in [6.45, 7) is 10.8. The molecule has 0 saturated carbocycles. The van der Waals surface area contributed by atoms with Crippen molar-refractivity contribution in [2.24, 2.45) is 0 Å². The average Bonchev–Trinajstić information content (AvgIpc) is 2.81. The topological polar surface area (TPSA) is 55.9 Å². The van der Waals surface area contributed by atoms with Crippen molar-refractivity contribution in [1.82, 2.24) is 14.7 Å². The van der Waals surface area contributed by atoms with E-state index in [1.807, 2.05) is 20.8 Å². The molecule has 98 valence electrons. The maximum absolute atomic E-state index is 5.15. The molecule has 0 radical (unpaired) electrons. The van der Waals surface area contributed by atoms with Crippen LogP contribution >= 0.6 is 0 Å². The van der Waals surface area contributed by atoms with E-state index in [-0.39, 0.29) is 0 Å². The Morgan fingerprint density at radius 3 is 2.61 bits per heavy atom. The first-order valence-corrected chi connectivity index (χ1v) is 6.20. The minimum Gasteiger partial charge on any atom is -0.361 e. The van der Waals surface area contributed by atoms with Gasteiger partial charge in [-0.1, -0.05) is 5.16 Å². The second kappa shape index (κ2) is 4.84. The number of anilines is 1. The van der Waals surface area contributed by atoms with E-state index < -0.39 is 0 Å². The van der Waals surface area contributed by atoms with Gasteiger partial charge in [0.1, 0.15) is 5.76 Å². The second-order valence-corrected chi connectivity index (χ2v) is 4.86. The molecule has 1 N–H and O–H groups in total. The van der Waals surface area contributed by atoms with E-state index in [0.717, 1.165) is 28.7 Å². The van der Waals surface area contributed by atoms with Crippen molar-refractivity contribution in [3.8, 4) is 0 Å². The fourth-order valence-corrected chi connectivity index (χ4v) is 1.96. The molecule has 2 heterocycles. The highest BCUT2D eigenvalue weighted by molar-refractivity contribution is 5.33. The van der Waals surface area contributed by atoms with Gasteiger partial charge in [0.2, 0.25) is 5.95 Å². The minimum atomic E-state index is 0.387. The Labute approximate surface area is 107 Å². The van der Waals surface area contributed by atoms with Crippen LogP contribution in [0.2, 0.25) is 0 Å². The van der Waals surface area contributed by atoms with Crippen LogP contribution in [0, 0.1) is 20.8 Å². The maximum atomic E-state index is 5.15. The second-order valence-electron chi connectivity index (χ2n) is 4.86. The molecule has 0 aliphatic rings. The van der Waals surface area contributed by atoms with Crippen LogP contribution in [0.5, 0.6) is 0 Å². The van der Waals surface area contributed by atoms with Gasteiger partial charge in [-0.15, -0.1) is 0 Å². The molecule has 0 fully saturated rings. The van der Waals surface area contributed by atoms with Gasteiger partial charge >= 0.3 is 0 Å².